The van der Waals surface area contributed by atoms with Crippen molar-refractivity contribution in [2.45, 2.75) is 11.8 Å². The van der Waals surface area contributed by atoms with Crippen LogP contribution in [-0.2, 0) is 11.4 Å². The number of para-hydroxylation sites is 2. The molecule has 1 amide bonds. The van der Waals surface area contributed by atoms with Crippen molar-refractivity contribution in [3.63, 3.8) is 0 Å². The minimum Gasteiger partial charge on any atom is -0.493 e. The minimum atomic E-state index is -0.635. The van der Waals surface area contributed by atoms with Gasteiger partial charge >= 0.3 is 0 Å². The Balaban J connectivity index is 1.53. The van der Waals surface area contributed by atoms with E-state index in [9.17, 15) is 14.9 Å². The van der Waals surface area contributed by atoms with E-state index in [0.29, 0.717) is 11.5 Å². The number of non-ortho nitro benzene ring substituents is 1. The summed E-state index contributed by atoms with van der Waals surface area (Å²) in [6, 6.07) is 9.31. The van der Waals surface area contributed by atoms with Crippen LogP contribution in [0, 0.1) is 10.1 Å². The maximum absolute atomic E-state index is 12.2. The standard InChI is InChI=1S/C18H14Cl2N4O6S/c1-28-13-4-2-3-5-14(13)29-8-16-22-23-18(30-16)31-9-15(25)21-17-11(19)6-10(24(26)27)7-12(17)20/h2-7H,8-9H2,1H3,(H,21,25). The average molecular weight is 485 g/mol. The summed E-state index contributed by atoms with van der Waals surface area (Å²) < 4.78 is 16.2. The first-order valence-corrected chi connectivity index (χ1v) is 10.3. The van der Waals surface area contributed by atoms with Crippen molar-refractivity contribution in [2.24, 2.45) is 0 Å². The highest BCUT2D eigenvalue weighted by Crippen LogP contribution is 2.35. The van der Waals surface area contributed by atoms with Crippen molar-refractivity contribution in [3.8, 4) is 11.5 Å². The number of carbonyl (C=O) groups excluding carboxylic acids is 1. The smallest absolute Gasteiger partial charge is 0.277 e. The second-order valence-corrected chi connectivity index (χ2v) is 7.52. The van der Waals surface area contributed by atoms with Gasteiger partial charge in [-0.15, -0.1) is 10.2 Å². The Morgan fingerprint density at radius 3 is 2.55 bits per heavy atom. The van der Waals surface area contributed by atoms with Crippen LogP contribution in [0.25, 0.3) is 0 Å². The van der Waals surface area contributed by atoms with Crippen molar-refractivity contribution in [2.75, 3.05) is 18.2 Å². The summed E-state index contributed by atoms with van der Waals surface area (Å²) in [5.74, 6) is 0.756. The van der Waals surface area contributed by atoms with Gasteiger partial charge in [-0.25, -0.2) is 0 Å². The van der Waals surface area contributed by atoms with Crippen LogP contribution < -0.4 is 14.8 Å². The molecular formula is C18H14Cl2N4O6S. The molecule has 1 aromatic heterocycles. The number of methoxy groups -OCH3 is 1. The Kier molecular flexibility index (Phi) is 7.55. The van der Waals surface area contributed by atoms with E-state index in [2.05, 4.69) is 15.5 Å². The summed E-state index contributed by atoms with van der Waals surface area (Å²) in [5.41, 5.74) is -0.202. The number of thioether (sulfide) groups is 1. The Morgan fingerprint density at radius 2 is 1.90 bits per heavy atom. The number of carbonyl (C=O) groups is 1. The molecule has 1 heterocycles. The molecule has 0 saturated carbocycles. The van der Waals surface area contributed by atoms with Gasteiger partial charge in [-0.2, -0.15) is 0 Å². The number of nitro groups is 1. The Labute approximate surface area is 190 Å². The lowest BCUT2D eigenvalue weighted by molar-refractivity contribution is -0.384. The SMILES string of the molecule is COc1ccccc1OCc1nnc(SCC(=O)Nc2c(Cl)cc([N+](=O)[O-])cc2Cl)o1. The van der Waals surface area contributed by atoms with E-state index in [1.54, 1.807) is 18.2 Å². The van der Waals surface area contributed by atoms with E-state index >= 15 is 0 Å². The number of nitro benzene ring substituents is 1. The zero-order valence-electron chi connectivity index (χ0n) is 15.8. The minimum absolute atomic E-state index is 0.0220. The lowest BCUT2D eigenvalue weighted by Gasteiger charge is -2.08. The van der Waals surface area contributed by atoms with Gasteiger partial charge in [-0.1, -0.05) is 47.1 Å². The number of nitrogens with one attached hydrogen (secondary N) is 1. The first kappa shape index (κ1) is 22.7. The van der Waals surface area contributed by atoms with E-state index in [1.165, 1.54) is 7.11 Å². The van der Waals surface area contributed by atoms with Crippen LogP contribution in [0.1, 0.15) is 5.89 Å². The second kappa shape index (κ2) is 10.3. The molecule has 0 aliphatic carbocycles. The number of hydrogen-bond acceptors (Lipinski definition) is 9. The summed E-state index contributed by atoms with van der Waals surface area (Å²) >= 11 is 12.9. The molecule has 0 fully saturated rings. The number of aromatic nitrogens is 2. The van der Waals surface area contributed by atoms with Crippen molar-refractivity contribution >= 4 is 52.2 Å². The van der Waals surface area contributed by atoms with E-state index < -0.39 is 10.8 Å². The van der Waals surface area contributed by atoms with Crippen molar-refractivity contribution in [3.05, 3.63) is 62.4 Å². The van der Waals surface area contributed by atoms with Crippen LogP contribution in [0.5, 0.6) is 11.5 Å². The fourth-order valence-corrected chi connectivity index (χ4v) is 3.47. The van der Waals surface area contributed by atoms with Gasteiger partial charge in [-0.3, -0.25) is 14.9 Å². The van der Waals surface area contributed by atoms with Gasteiger partial charge in [0, 0.05) is 12.1 Å². The van der Waals surface area contributed by atoms with E-state index in [1.807, 2.05) is 6.07 Å². The topological polar surface area (TPSA) is 130 Å². The third-order valence-corrected chi connectivity index (χ3v) is 5.11. The second-order valence-electron chi connectivity index (χ2n) is 5.78. The number of ether oxygens (including phenoxy) is 2. The first-order valence-electron chi connectivity index (χ1n) is 8.51. The van der Waals surface area contributed by atoms with Crippen LogP contribution in [-0.4, -0.2) is 33.9 Å². The molecule has 0 atom stereocenters. The molecular weight excluding hydrogens is 471 g/mol. The fraction of sp³-hybridized carbons (Fsp3) is 0.167. The van der Waals surface area contributed by atoms with Gasteiger partial charge < -0.3 is 19.2 Å². The number of benzene rings is 2. The van der Waals surface area contributed by atoms with Crippen LogP contribution in [0.3, 0.4) is 0 Å². The molecule has 0 spiro atoms. The predicted molar refractivity (Wildman–Crippen MR) is 114 cm³/mol. The first-order chi connectivity index (χ1) is 14.9. The van der Waals surface area contributed by atoms with Crippen LogP contribution in [0.4, 0.5) is 11.4 Å². The molecule has 3 rings (SSSR count). The Morgan fingerprint density at radius 1 is 1.23 bits per heavy atom. The average Bonchev–Trinajstić information content (AvgIpc) is 3.21. The molecule has 0 radical (unpaired) electrons. The van der Waals surface area contributed by atoms with E-state index in [4.69, 9.17) is 37.1 Å². The fourth-order valence-electron chi connectivity index (χ4n) is 2.32. The largest absolute Gasteiger partial charge is 0.493 e. The third kappa shape index (κ3) is 6.00. The molecule has 13 heteroatoms. The van der Waals surface area contributed by atoms with Gasteiger partial charge in [0.1, 0.15) is 0 Å². The molecule has 0 aliphatic rings. The van der Waals surface area contributed by atoms with Gasteiger partial charge in [0.05, 0.1) is 33.5 Å². The van der Waals surface area contributed by atoms with E-state index in [-0.39, 0.29) is 44.9 Å². The summed E-state index contributed by atoms with van der Waals surface area (Å²) in [6.07, 6.45) is 0. The number of anilines is 1. The van der Waals surface area contributed by atoms with Crippen LogP contribution >= 0.6 is 35.0 Å². The molecule has 0 unspecified atom stereocenters. The lowest BCUT2D eigenvalue weighted by Crippen LogP contribution is -2.14. The van der Waals surface area contributed by atoms with Gasteiger partial charge in [0.15, 0.2) is 18.1 Å². The highest BCUT2D eigenvalue weighted by molar-refractivity contribution is 7.99. The molecule has 0 bridgehead atoms. The molecule has 1 N–H and O–H groups in total. The molecule has 31 heavy (non-hydrogen) atoms. The Hall–Kier alpha value is -3.02. The van der Waals surface area contributed by atoms with Crippen molar-refractivity contribution < 1.29 is 23.6 Å². The maximum Gasteiger partial charge on any atom is 0.277 e. The zero-order valence-corrected chi connectivity index (χ0v) is 18.2. The van der Waals surface area contributed by atoms with Crippen molar-refractivity contribution in [1.29, 1.82) is 0 Å². The summed E-state index contributed by atoms with van der Waals surface area (Å²) in [7, 11) is 1.53. The van der Waals surface area contributed by atoms with Gasteiger partial charge in [0.2, 0.25) is 5.91 Å². The number of halogens is 2. The predicted octanol–water partition coefficient (Wildman–Crippen LogP) is 4.60. The molecule has 0 saturated heterocycles. The third-order valence-electron chi connectivity index (χ3n) is 3.70. The Bertz CT molecular complexity index is 1090. The highest BCUT2D eigenvalue weighted by Gasteiger charge is 2.17. The summed E-state index contributed by atoms with van der Waals surface area (Å²) in [4.78, 5) is 22.4. The lowest BCUT2D eigenvalue weighted by atomic mass is 10.3. The molecule has 2 aromatic carbocycles. The monoisotopic (exact) mass is 484 g/mol. The molecule has 162 valence electrons. The molecule has 3 aromatic rings. The number of amides is 1. The van der Waals surface area contributed by atoms with Gasteiger partial charge in [0.25, 0.3) is 16.8 Å². The summed E-state index contributed by atoms with van der Waals surface area (Å²) in [6.45, 7) is 0.0220. The zero-order chi connectivity index (χ0) is 22.4. The van der Waals surface area contributed by atoms with Crippen LogP contribution in [0.15, 0.2) is 46.0 Å². The number of nitrogens with zero attached hydrogens (tertiary/aromatic N) is 3. The molecule has 10 nitrogen and oxygen atoms in total. The summed E-state index contributed by atoms with van der Waals surface area (Å²) in [5, 5.41) is 21.1. The number of rotatable bonds is 9. The maximum atomic E-state index is 12.2. The quantitative estimate of drug-likeness (QED) is 0.262. The van der Waals surface area contributed by atoms with E-state index in [0.717, 1.165) is 23.9 Å². The van der Waals surface area contributed by atoms with Crippen molar-refractivity contribution in [1.82, 2.24) is 10.2 Å². The normalized spacial score (nSPS) is 10.5. The molecule has 0 aliphatic heterocycles. The van der Waals surface area contributed by atoms with Crippen LogP contribution in [0.2, 0.25) is 10.0 Å². The number of hydrogen-bond donors (Lipinski definition) is 1. The van der Waals surface area contributed by atoms with Gasteiger partial charge in [-0.05, 0) is 12.1 Å². The highest BCUT2D eigenvalue weighted by atomic mass is 35.5.